The third-order valence-corrected chi connectivity index (χ3v) is 7.24. The van der Waals surface area contributed by atoms with Crippen LogP contribution in [0, 0.1) is 6.92 Å². The van der Waals surface area contributed by atoms with E-state index in [1.54, 1.807) is 0 Å². The molecule has 7 rings (SSSR count). The summed E-state index contributed by atoms with van der Waals surface area (Å²) in [7, 11) is 0. The molecule has 0 bridgehead atoms. The van der Waals surface area contributed by atoms with E-state index in [9.17, 15) is 0 Å². The number of rotatable bonds is 5. The van der Waals surface area contributed by atoms with Crippen LogP contribution >= 0.6 is 0 Å². The third kappa shape index (κ3) is 4.09. The molecule has 2 N–H and O–H groups in total. The molecular weight excluding hydrogens is 460 g/mol. The predicted octanol–water partition coefficient (Wildman–Crippen LogP) is 5.65. The van der Waals surface area contributed by atoms with Crippen LogP contribution < -0.4 is 0 Å². The van der Waals surface area contributed by atoms with Crippen molar-refractivity contribution in [2.45, 2.75) is 32.7 Å². The van der Waals surface area contributed by atoms with Crippen molar-refractivity contribution in [3.63, 3.8) is 0 Å². The molecule has 0 radical (unpaired) electrons. The molecule has 6 aromatic rings. The van der Waals surface area contributed by atoms with Crippen LogP contribution in [0.5, 0.6) is 0 Å². The number of fused-ring (bicyclic) bond motifs is 2. The van der Waals surface area contributed by atoms with E-state index in [-0.39, 0.29) is 0 Å². The predicted molar refractivity (Wildman–Crippen MR) is 145 cm³/mol. The number of nitrogens with zero attached hydrogens (tertiary/aromatic N) is 6. The maximum atomic E-state index is 5.04. The molecule has 0 aliphatic carbocycles. The van der Waals surface area contributed by atoms with Crippen LogP contribution in [-0.4, -0.2) is 52.7 Å². The first-order valence-electron chi connectivity index (χ1n) is 12.9. The number of nitrogens with one attached hydrogen (secondary N) is 2. The minimum atomic E-state index is 0.804. The molecule has 0 amide bonds. The lowest BCUT2D eigenvalue weighted by molar-refractivity contribution is 0.220. The van der Waals surface area contributed by atoms with E-state index in [2.05, 4.69) is 64.9 Å². The molecule has 1 saturated heterocycles. The number of pyridine rings is 2. The summed E-state index contributed by atoms with van der Waals surface area (Å²) in [6.07, 6.45) is 11.7. The fourth-order valence-corrected chi connectivity index (χ4v) is 5.38. The van der Waals surface area contributed by atoms with Gasteiger partial charge in [-0.1, -0.05) is 12.5 Å². The Kier molecular flexibility index (Phi) is 5.32. The molecule has 0 unspecified atom stereocenters. The molecule has 0 atom stereocenters. The minimum Gasteiger partial charge on any atom is -0.353 e. The maximum absolute atomic E-state index is 5.04. The highest BCUT2D eigenvalue weighted by Crippen LogP contribution is 2.32. The molecule has 5 aromatic heterocycles. The number of hydrogen-bond acceptors (Lipinski definition) is 5. The summed E-state index contributed by atoms with van der Waals surface area (Å²) in [6.45, 7) is 5.27. The Labute approximate surface area is 214 Å². The lowest BCUT2D eigenvalue weighted by Gasteiger charge is -2.26. The average molecular weight is 489 g/mol. The van der Waals surface area contributed by atoms with Gasteiger partial charge in [0.1, 0.15) is 11.2 Å². The number of hydrogen-bond donors (Lipinski definition) is 2. The van der Waals surface area contributed by atoms with E-state index >= 15 is 0 Å². The molecule has 1 aromatic carbocycles. The van der Waals surface area contributed by atoms with Crippen LogP contribution in [0.25, 0.3) is 50.3 Å². The highest BCUT2D eigenvalue weighted by Gasteiger charge is 2.16. The van der Waals surface area contributed by atoms with Crippen molar-refractivity contribution in [3.05, 3.63) is 78.6 Å². The van der Waals surface area contributed by atoms with Crippen molar-refractivity contribution >= 4 is 21.9 Å². The van der Waals surface area contributed by atoms with Gasteiger partial charge in [-0.05, 0) is 74.8 Å². The Balaban J connectivity index is 1.26. The molecule has 184 valence electrons. The van der Waals surface area contributed by atoms with Crippen LogP contribution in [0.4, 0.5) is 0 Å². The van der Waals surface area contributed by atoms with E-state index in [4.69, 9.17) is 4.98 Å². The number of piperidine rings is 1. The number of aromatic amines is 2. The number of aromatic nitrogens is 7. The number of likely N-dealkylation sites (tertiary alicyclic amines) is 1. The molecule has 37 heavy (non-hydrogen) atoms. The van der Waals surface area contributed by atoms with Crippen LogP contribution in [0.15, 0.2) is 67.4 Å². The Morgan fingerprint density at radius 2 is 1.89 bits per heavy atom. The first kappa shape index (κ1) is 21.9. The van der Waals surface area contributed by atoms with E-state index in [0.717, 1.165) is 62.5 Å². The third-order valence-electron chi connectivity index (χ3n) is 7.24. The Morgan fingerprint density at radius 1 is 0.973 bits per heavy atom. The maximum Gasteiger partial charge on any atom is 0.135 e. The van der Waals surface area contributed by atoms with Crippen molar-refractivity contribution < 1.29 is 0 Å². The molecule has 1 aliphatic heterocycles. The largest absolute Gasteiger partial charge is 0.353 e. The normalized spacial score (nSPS) is 14.6. The van der Waals surface area contributed by atoms with Gasteiger partial charge < -0.3 is 9.55 Å². The fraction of sp³-hybridized carbons (Fsp3) is 0.241. The highest BCUT2D eigenvalue weighted by atomic mass is 15.1. The van der Waals surface area contributed by atoms with Gasteiger partial charge in [0.05, 0.1) is 34.6 Å². The van der Waals surface area contributed by atoms with E-state index in [0.29, 0.717) is 0 Å². The molecular formula is C29H28N8. The Hall–Kier alpha value is -4.30. The number of imidazole rings is 1. The van der Waals surface area contributed by atoms with Crippen LogP contribution in [-0.2, 0) is 6.54 Å². The van der Waals surface area contributed by atoms with Gasteiger partial charge in [-0.15, -0.1) is 0 Å². The van der Waals surface area contributed by atoms with Gasteiger partial charge in [-0.3, -0.25) is 15.0 Å². The first-order valence-corrected chi connectivity index (χ1v) is 12.9. The molecule has 1 fully saturated rings. The van der Waals surface area contributed by atoms with Crippen LogP contribution in [0.1, 0.15) is 30.5 Å². The van der Waals surface area contributed by atoms with Gasteiger partial charge >= 0.3 is 0 Å². The van der Waals surface area contributed by atoms with Crippen molar-refractivity contribution in [1.29, 1.82) is 0 Å². The van der Waals surface area contributed by atoms with E-state index in [1.165, 1.54) is 37.9 Å². The molecule has 1 aliphatic rings. The van der Waals surface area contributed by atoms with E-state index < -0.39 is 0 Å². The SMILES string of the molecule is Cc1cn(-c2cccc3[nH]c(-c4n[nH]c5ccc(-c6cncc(CN7CCCCC7)c6)nc45)cc23)cn1. The Morgan fingerprint density at radius 3 is 2.76 bits per heavy atom. The van der Waals surface area contributed by atoms with Crippen LogP contribution in [0.2, 0.25) is 0 Å². The standard InChI is InChI=1S/C29H28N8/c1-19-16-37(18-31-19)27-7-5-6-24-22(27)13-26(32-24)29-28-25(34-35-29)9-8-23(33-28)21-12-20(14-30-15-21)17-36-10-3-2-4-11-36/h5-9,12-16,18,32H,2-4,10-11,17H2,1H3,(H,34,35). The van der Waals surface area contributed by atoms with Gasteiger partial charge in [0, 0.05) is 41.6 Å². The van der Waals surface area contributed by atoms with Gasteiger partial charge in [0.2, 0.25) is 0 Å². The lowest BCUT2D eigenvalue weighted by atomic mass is 10.1. The minimum absolute atomic E-state index is 0.804. The molecule has 8 nitrogen and oxygen atoms in total. The van der Waals surface area contributed by atoms with Crippen molar-refractivity contribution in [1.82, 2.24) is 39.6 Å². The topological polar surface area (TPSA) is 91.3 Å². The zero-order valence-corrected chi connectivity index (χ0v) is 20.8. The Bertz CT molecular complexity index is 1720. The van der Waals surface area contributed by atoms with Crippen molar-refractivity contribution in [2.24, 2.45) is 0 Å². The van der Waals surface area contributed by atoms with Crippen molar-refractivity contribution in [3.8, 4) is 28.3 Å². The highest BCUT2D eigenvalue weighted by molar-refractivity contribution is 5.97. The number of benzene rings is 1. The van der Waals surface area contributed by atoms with Crippen molar-refractivity contribution in [2.75, 3.05) is 13.1 Å². The smallest absolute Gasteiger partial charge is 0.135 e. The average Bonchev–Trinajstić information content (AvgIpc) is 3.66. The molecule has 8 heteroatoms. The van der Waals surface area contributed by atoms with Gasteiger partial charge in [0.15, 0.2) is 0 Å². The molecule has 6 heterocycles. The summed E-state index contributed by atoms with van der Waals surface area (Å²) in [5.74, 6) is 0. The number of H-pyrrole nitrogens is 2. The lowest BCUT2D eigenvalue weighted by Crippen LogP contribution is -2.29. The zero-order valence-electron chi connectivity index (χ0n) is 20.8. The summed E-state index contributed by atoms with van der Waals surface area (Å²) in [4.78, 5) is 20.0. The summed E-state index contributed by atoms with van der Waals surface area (Å²) in [6, 6.07) is 14.7. The van der Waals surface area contributed by atoms with Gasteiger partial charge in [-0.2, -0.15) is 5.10 Å². The quantitative estimate of drug-likeness (QED) is 0.327. The monoisotopic (exact) mass is 488 g/mol. The first-order chi connectivity index (χ1) is 18.2. The summed E-state index contributed by atoms with van der Waals surface area (Å²) >= 11 is 0. The van der Waals surface area contributed by atoms with Gasteiger partial charge in [0.25, 0.3) is 0 Å². The summed E-state index contributed by atoms with van der Waals surface area (Å²) in [5.41, 5.74) is 9.72. The van der Waals surface area contributed by atoms with Gasteiger partial charge in [-0.25, -0.2) is 9.97 Å². The second kappa shape index (κ2) is 8.97. The fourth-order valence-electron chi connectivity index (χ4n) is 5.38. The molecule has 0 spiro atoms. The zero-order chi connectivity index (χ0) is 24.8. The number of aryl methyl sites for hydroxylation is 1. The molecule has 0 saturated carbocycles. The second-order valence-corrected chi connectivity index (χ2v) is 9.93. The van der Waals surface area contributed by atoms with Crippen LogP contribution in [0.3, 0.4) is 0 Å². The summed E-state index contributed by atoms with van der Waals surface area (Å²) < 4.78 is 2.05. The second-order valence-electron chi connectivity index (χ2n) is 9.93. The summed E-state index contributed by atoms with van der Waals surface area (Å²) in [5, 5.41) is 8.90. The van der Waals surface area contributed by atoms with E-state index in [1.807, 2.05) is 44.0 Å².